The summed E-state index contributed by atoms with van der Waals surface area (Å²) < 4.78 is 41.2. The van der Waals surface area contributed by atoms with E-state index in [-0.39, 0.29) is 15.6 Å². The van der Waals surface area contributed by atoms with Crippen molar-refractivity contribution in [3.05, 3.63) is 57.5 Å². The molecule has 0 saturated heterocycles. The molecule has 0 saturated carbocycles. The summed E-state index contributed by atoms with van der Waals surface area (Å²) in [6.07, 6.45) is 1.39. The molecule has 0 aliphatic carbocycles. The Hall–Kier alpha value is -1.02. The summed E-state index contributed by atoms with van der Waals surface area (Å²) in [4.78, 5) is 3.60. The summed E-state index contributed by atoms with van der Waals surface area (Å²) in [5, 5.41) is -0.147. The van der Waals surface area contributed by atoms with Gasteiger partial charge in [0.25, 0.3) is 0 Å². The van der Waals surface area contributed by atoms with Crippen LogP contribution in [0, 0.1) is 5.82 Å². The molecule has 1 atom stereocenters. The average Bonchev–Trinajstić information content (AvgIpc) is 2.41. The third-order valence-electron chi connectivity index (χ3n) is 2.77. The molecule has 0 aliphatic rings. The van der Waals surface area contributed by atoms with Gasteiger partial charge in [-0.1, -0.05) is 29.8 Å². The van der Waals surface area contributed by atoms with Gasteiger partial charge in [0.05, 0.1) is 0 Å². The summed E-state index contributed by atoms with van der Waals surface area (Å²) in [7, 11) is -3.92. The third kappa shape index (κ3) is 3.79. The summed E-state index contributed by atoms with van der Waals surface area (Å²) in [5.41, 5.74) is 0.250. The number of sulfonamides is 1. The van der Waals surface area contributed by atoms with E-state index < -0.39 is 21.9 Å². The Bertz CT molecular complexity index is 771. The predicted octanol–water partition coefficient (Wildman–Crippen LogP) is 3.68. The van der Waals surface area contributed by atoms with Gasteiger partial charge in [0, 0.05) is 22.3 Å². The lowest BCUT2D eigenvalue weighted by Gasteiger charge is -2.15. The number of hydrogen-bond acceptors (Lipinski definition) is 3. The zero-order chi connectivity index (χ0) is 15.6. The molecule has 0 aliphatic heterocycles. The highest BCUT2D eigenvalue weighted by atomic mass is 79.9. The second kappa shape index (κ2) is 6.39. The van der Waals surface area contributed by atoms with Crippen molar-refractivity contribution >= 4 is 37.6 Å². The number of nitrogens with one attached hydrogen (secondary N) is 1. The highest BCUT2D eigenvalue weighted by Gasteiger charge is 2.23. The Balaban J connectivity index is 2.34. The molecule has 0 radical (unpaired) electrons. The minimum atomic E-state index is -3.92. The number of aromatic nitrogens is 1. The van der Waals surface area contributed by atoms with E-state index in [0.717, 1.165) is 0 Å². The molecule has 4 nitrogen and oxygen atoms in total. The number of nitrogens with zero attached hydrogens (tertiary/aromatic N) is 1. The van der Waals surface area contributed by atoms with Crippen molar-refractivity contribution in [1.29, 1.82) is 0 Å². The largest absolute Gasteiger partial charge is 0.244 e. The zero-order valence-corrected chi connectivity index (χ0v) is 14.0. The van der Waals surface area contributed by atoms with Gasteiger partial charge >= 0.3 is 0 Å². The second-order valence-electron chi connectivity index (χ2n) is 4.31. The van der Waals surface area contributed by atoms with Crippen molar-refractivity contribution < 1.29 is 12.8 Å². The van der Waals surface area contributed by atoms with E-state index in [9.17, 15) is 12.8 Å². The summed E-state index contributed by atoms with van der Waals surface area (Å²) in [5.74, 6) is -0.480. The number of halogens is 3. The highest BCUT2D eigenvalue weighted by molar-refractivity contribution is 9.10. The molecule has 8 heteroatoms. The molecule has 112 valence electrons. The van der Waals surface area contributed by atoms with Crippen LogP contribution in [0.15, 0.2) is 45.9 Å². The van der Waals surface area contributed by atoms with Gasteiger partial charge in [-0.15, -0.1) is 0 Å². The normalized spacial score (nSPS) is 13.1. The SMILES string of the molecule is CC(NS(=O)(=O)c1cc(Br)cnc1Cl)c1ccccc1F. The number of benzene rings is 1. The molecule has 0 fully saturated rings. The molecule has 0 spiro atoms. The van der Waals surface area contributed by atoms with Crippen molar-refractivity contribution in [3.63, 3.8) is 0 Å². The molecule has 2 rings (SSSR count). The fraction of sp³-hybridized carbons (Fsp3) is 0.154. The lowest BCUT2D eigenvalue weighted by atomic mass is 10.1. The van der Waals surface area contributed by atoms with Crippen LogP contribution in [0.2, 0.25) is 5.15 Å². The quantitative estimate of drug-likeness (QED) is 0.806. The molecule has 2 aromatic rings. The fourth-order valence-electron chi connectivity index (χ4n) is 1.78. The third-order valence-corrected chi connectivity index (χ3v) is 5.17. The van der Waals surface area contributed by atoms with E-state index in [2.05, 4.69) is 25.6 Å². The topological polar surface area (TPSA) is 59.1 Å². The van der Waals surface area contributed by atoms with Gasteiger partial charge in [0.15, 0.2) is 0 Å². The standard InChI is InChI=1S/C13H11BrClFN2O2S/c1-8(10-4-2-3-5-11(10)16)18-21(19,20)12-6-9(14)7-17-13(12)15/h2-8,18H,1H3. The molecule has 1 aromatic carbocycles. The van der Waals surface area contributed by atoms with Crippen molar-refractivity contribution in [2.75, 3.05) is 0 Å². The number of pyridine rings is 1. The number of hydrogen-bond donors (Lipinski definition) is 1. The van der Waals surface area contributed by atoms with Gasteiger partial charge in [-0.25, -0.2) is 22.5 Å². The maximum absolute atomic E-state index is 13.7. The maximum atomic E-state index is 13.7. The minimum absolute atomic E-state index is 0.147. The van der Waals surface area contributed by atoms with Gasteiger partial charge in [-0.05, 0) is 35.0 Å². The van der Waals surface area contributed by atoms with E-state index in [4.69, 9.17) is 11.6 Å². The molecule has 21 heavy (non-hydrogen) atoms. The molecule has 1 aromatic heterocycles. The molecule has 0 amide bonds. The lowest BCUT2D eigenvalue weighted by Crippen LogP contribution is -2.27. The first-order valence-corrected chi connectivity index (χ1v) is 8.54. The first-order valence-electron chi connectivity index (χ1n) is 5.89. The van der Waals surface area contributed by atoms with Crippen molar-refractivity contribution in [3.8, 4) is 0 Å². The number of rotatable bonds is 4. The predicted molar refractivity (Wildman–Crippen MR) is 82.1 cm³/mol. The van der Waals surface area contributed by atoms with E-state index in [1.165, 1.54) is 30.5 Å². The molecule has 1 unspecified atom stereocenters. The van der Waals surface area contributed by atoms with Crippen LogP contribution in [-0.2, 0) is 10.0 Å². The molecule has 0 bridgehead atoms. The Kier molecular flexibility index (Phi) is 4.98. The summed E-state index contributed by atoms with van der Waals surface area (Å²) in [6.45, 7) is 1.55. The van der Waals surface area contributed by atoms with Crippen LogP contribution in [0.25, 0.3) is 0 Å². The summed E-state index contributed by atoms with van der Waals surface area (Å²) >= 11 is 8.95. The van der Waals surface area contributed by atoms with Gasteiger partial charge in [-0.2, -0.15) is 0 Å². The smallest absolute Gasteiger partial charge is 0.242 e. The molecule has 1 N–H and O–H groups in total. The Morgan fingerprint density at radius 1 is 1.38 bits per heavy atom. The van der Waals surface area contributed by atoms with Crippen LogP contribution >= 0.6 is 27.5 Å². The lowest BCUT2D eigenvalue weighted by molar-refractivity contribution is 0.550. The Morgan fingerprint density at radius 2 is 2.05 bits per heavy atom. The van der Waals surface area contributed by atoms with Gasteiger partial charge in [0.2, 0.25) is 10.0 Å². The fourth-order valence-corrected chi connectivity index (χ4v) is 3.95. The second-order valence-corrected chi connectivity index (χ2v) is 7.26. The van der Waals surface area contributed by atoms with Gasteiger partial charge in [0.1, 0.15) is 15.9 Å². The first kappa shape index (κ1) is 16.4. The van der Waals surface area contributed by atoms with E-state index in [1.54, 1.807) is 13.0 Å². The monoisotopic (exact) mass is 392 g/mol. The maximum Gasteiger partial charge on any atom is 0.244 e. The van der Waals surface area contributed by atoms with E-state index >= 15 is 0 Å². The molecular formula is C13H11BrClFN2O2S. The van der Waals surface area contributed by atoms with Crippen LogP contribution in [0.5, 0.6) is 0 Å². The minimum Gasteiger partial charge on any atom is -0.242 e. The van der Waals surface area contributed by atoms with E-state index in [1.807, 2.05) is 0 Å². The van der Waals surface area contributed by atoms with Crippen molar-refractivity contribution in [2.45, 2.75) is 17.9 Å². The zero-order valence-electron chi connectivity index (χ0n) is 10.8. The van der Waals surface area contributed by atoms with Crippen LogP contribution in [0.1, 0.15) is 18.5 Å². The Labute approximate surface area is 135 Å². The molecular weight excluding hydrogens is 383 g/mol. The summed E-state index contributed by atoms with van der Waals surface area (Å²) in [6, 6.07) is 6.56. The van der Waals surface area contributed by atoms with Gasteiger partial charge < -0.3 is 0 Å². The van der Waals surface area contributed by atoms with E-state index in [0.29, 0.717) is 4.47 Å². The van der Waals surface area contributed by atoms with Crippen molar-refractivity contribution in [2.24, 2.45) is 0 Å². The highest BCUT2D eigenvalue weighted by Crippen LogP contribution is 2.25. The van der Waals surface area contributed by atoms with Crippen LogP contribution in [0.4, 0.5) is 4.39 Å². The van der Waals surface area contributed by atoms with Crippen LogP contribution < -0.4 is 4.72 Å². The van der Waals surface area contributed by atoms with Crippen LogP contribution in [0.3, 0.4) is 0 Å². The van der Waals surface area contributed by atoms with Crippen molar-refractivity contribution in [1.82, 2.24) is 9.71 Å². The van der Waals surface area contributed by atoms with Gasteiger partial charge in [-0.3, -0.25) is 0 Å². The average molecular weight is 394 g/mol. The first-order chi connectivity index (χ1) is 9.81. The molecule has 1 heterocycles. The van der Waals surface area contributed by atoms with Crippen LogP contribution in [-0.4, -0.2) is 13.4 Å². The Morgan fingerprint density at radius 3 is 2.71 bits per heavy atom.